The highest BCUT2D eigenvalue weighted by molar-refractivity contribution is 7.80. The minimum atomic E-state index is 0.317. The van der Waals surface area contributed by atoms with Crippen LogP contribution < -0.4 is 10.6 Å². The highest BCUT2D eigenvalue weighted by Crippen LogP contribution is 2.25. The highest BCUT2D eigenvalue weighted by atomic mass is 35.5. The number of thiazole rings is 1. The maximum absolute atomic E-state index is 6.18. The van der Waals surface area contributed by atoms with Gasteiger partial charge in [-0.05, 0) is 25.1 Å². The van der Waals surface area contributed by atoms with Gasteiger partial charge in [-0.1, -0.05) is 23.8 Å². The fraction of sp³-hybridized carbons (Fsp3) is 0.231. The zero-order valence-electron chi connectivity index (χ0n) is 10.7. The van der Waals surface area contributed by atoms with Crippen molar-refractivity contribution in [1.82, 2.24) is 4.98 Å². The van der Waals surface area contributed by atoms with E-state index in [0.29, 0.717) is 15.6 Å². The van der Waals surface area contributed by atoms with Crippen molar-refractivity contribution in [3.05, 3.63) is 44.9 Å². The summed E-state index contributed by atoms with van der Waals surface area (Å²) in [4.78, 5) is 7.94. The van der Waals surface area contributed by atoms with Gasteiger partial charge in [0.05, 0.1) is 22.8 Å². The van der Waals surface area contributed by atoms with Gasteiger partial charge in [0.15, 0.2) is 0 Å². The zero-order valence-corrected chi connectivity index (χ0v) is 13.1. The van der Waals surface area contributed by atoms with E-state index in [2.05, 4.69) is 9.88 Å². The Kier molecular flexibility index (Phi) is 4.39. The molecule has 2 N–H and O–H groups in total. The normalized spacial score (nSPS) is 10.5. The average molecular weight is 312 g/mol. The third-order valence-corrected chi connectivity index (χ3v) is 4.34. The van der Waals surface area contributed by atoms with Gasteiger partial charge in [0, 0.05) is 23.2 Å². The molecule has 0 aliphatic heterocycles. The number of aromatic nitrogens is 1. The minimum absolute atomic E-state index is 0.317. The van der Waals surface area contributed by atoms with Crippen LogP contribution in [0.25, 0.3) is 0 Å². The Morgan fingerprint density at radius 3 is 2.79 bits per heavy atom. The quantitative estimate of drug-likeness (QED) is 0.879. The summed E-state index contributed by atoms with van der Waals surface area (Å²) in [5.74, 6) is 0. The maximum Gasteiger partial charge on any atom is 0.105 e. The summed E-state index contributed by atoms with van der Waals surface area (Å²) in [6, 6.07) is 5.71. The van der Waals surface area contributed by atoms with E-state index in [9.17, 15) is 0 Å². The SMILES string of the molecule is Cc1ncsc1CN(C)c1ccc(C(N)=S)c(Cl)c1. The van der Waals surface area contributed by atoms with Crippen molar-refractivity contribution in [3.8, 4) is 0 Å². The van der Waals surface area contributed by atoms with Gasteiger partial charge in [0.2, 0.25) is 0 Å². The van der Waals surface area contributed by atoms with Gasteiger partial charge in [-0.3, -0.25) is 0 Å². The van der Waals surface area contributed by atoms with Crippen molar-refractivity contribution in [1.29, 1.82) is 0 Å². The van der Waals surface area contributed by atoms with E-state index < -0.39 is 0 Å². The van der Waals surface area contributed by atoms with E-state index in [-0.39, 0.29) is 0 Å². The van der Waals surface area contributed by atoms with Crippen LogP contribution in [0.4, 0.5) is 5.69 Å². The fourth-order valence-electron chi connectivity index (χ4n) is 1.73. The maximum atomic E-state index is 6.18. The standard InChI is InChI=1S/C13H14ClN3S2/c1-8-12(19-7-16-8)6-17(2)9-3-4-10(13(15)18)11(14)5-9/h3-5,7H,6H2,1-2H3,(H2,15,18). The molecule has 2 rings (SSSR count). The molecule has 0 saturated carbocycles. The van der Waals surface area contributed by atoms with Gasteiger partial charge in [-0.15, -0.1) is 11.3 Å². The van der Waals surface area contributed by atoms with E-state index in [4.69, 9.17) is 29.6 Å². The summed E-state index contributed by atoms with van der Waals surface area (Å²) in [6.07, 6.45) is 0. The second-order valence-corrected chi connectivity index (χ2v) is 6.03. The summed E-state index contributed by atoms with van der Waals surface area (Å²) < 4.78 is 0. The van der Waals surface area contributed by atoms with Crippen LogP contribution in [0.5, 0.6) is 0 Å². The lowest BCUT2D eigenvalue weighted by atomic mass is 10.2. The van der Waals surface area contributed by atoms with Crippen molar-refractivity contribution in [2.45, 2.75) is 13.5 Å². The molecule has 1 aromatic heterocycles. The fourth-order valence-corrected chi connectivity index (χ4v) is 3.07. The molecule has 100 valence electrons. The van der Waals surface area contributed by atoms with Gasteiger partial charge in [0.1, 0.15) is 4.99 Å². The van der Waals surface area contributed by atoms with Crippen LogP contribution in [-0.2, 0) is 6.54 Å². The predicted molar refractivity (Wildman–Crippen MR) is 86.3 cm³/mol. The summed E-state index contributed by atoms with van der Waals surface area (Å²) in [7, 11) is 2.02. The molecular weight excluding hydrogens is 298 g/mol. The van der Waals surface area contributed by atoms with Crippen molar-refractivity contribution < 1.29 is 0 Å². The Labute approximate surface area is 127 Å². The van der Waals surface area contributed by atoms with Crippen LogP contribution in [0.3, 0.4) is 0 Å². The highest BCUT2D eigenvalue weighted by Gasteiger charge is 2.09. The average Bonchev–Trinajstić information content (AvgIpc) is 2.74. The largest absolute Gasteiger partial charge is 0.389 e. The van der Waals surface area contributed by atoms with Crippen molar-refractivity contribution in [3.63, 3.8) is 0 Å². The number of nitrogens with two attached hydrogens (primary N) is 1. The molecule has 0 fully saturated rings. The molecule has 3 nitrogen and oxygen atoms in total. The van der Waals surface area contributed by atoms with Crippen molar-refractivity contribution in [2.24, 2.45) is 5.73 Å². The first-order valence-electron chi connectivity index (χ1n) is 5.68. The van der Waals surface area contributed by atoms with Gasteiger partial charge in [0.25, 0.3) is 0 Å². The Balaban J connectivity index is 2.20. The topological polar surface area (TPSA) is 42.2 Å². The molecule has 1 aromatic carbocycles. The Bertz CT molecular complexity index is 610. The number of hydrogen-bond donors (Lipinski definition) is 1. The molecular formula is C13H14ClN3S2. The van der Waals surface area contributed by atoms with E-state index >= 15 is 0 Å². The second-order valence-electron chi connectivity index (χ2n) is 4.25. The molecule has 0 atom stereocenters. The number of benzene rings is 1. The van der Waals surface area contributed by atoms with Gasteiger partial charge in [-0.25, -0.2) is 4.98 Å². The van der Waals surface area contributed by atoms with Gasteiger partial charge < -0.3 is 10.6 Å². The molecule has 1 heterocycles. The molecule has 0 spiro atoms. The van der Waals surface area contributed by atoms with E-state index in [1.807, 2.05) is 37.7 Å². The second kappa shape index (κ2) is 5.86. The van der Waals surface area contributed by atoms with Crippen LogP contribution in [-0.4, -0.2) is 17.0 Å². The van der Waals surface area contributed by atoms with Crippen LogP contribution in [0.1, 0.15) is 16.1 Å². The first-order chi connectivity index (χ1) is 8.99. The molecule has 0 amide bonds. The summed E-state index contributed by atoms with van der Waals surface area (Å²) in [5.41, 5.74) is 10.3. The minimum Gasteiger partial charge on any atom is -0.389 e. The Hall–Kier alpha value is -1.17. The molecule has 0 aliphatic carbocycles. The molecule has 19 heavy (non-hydrogen) atoms. The molecule has 6 heteroatoms. The third-order valence-electron chi connectivity index (χ3n) is 2.88. The van der Waals surface area contributed by atoms with Crippen LogP contribution in [0.2, 0.25) is 5.02 Å². The number of rotatable bonds is 4. The molecule has 0 aliphatic rings. The third kappa shape index (κ3) is 3.23. The molecule has 0 bridgehead atoms. The first-order valence-corrected chi connectivity index (χ1v) is 7.35. The monoisotopic (exact) mass is 311 g/mol. The molecule has 2 aromatic rings. The van der Waals surface area contributed by atoms with E-state index in [1.165, 1.54) is 4.88 Å². The van der Waals surface area contributed by atoms with E-state index in [0.717, 1.165) is 17.9 Å². The van der Waals surface area contributed by atoms with Crippen molar-refractivity contribution in [2.75, 3.05) is 11.9 Å². The smallest absolute Gasteiger partial charge is 0.105 e. The lowest BCUT2D eigenvalue weighted by molar-refractivity contribution is 0.926. The zero-order chi connectivity index (χ0) is 14.0. The Morgan fingerprint density at radius 2 is 2.26 bits per heavy atom. The molecule has 0 saturated heterocycles. The number of thiocarbonyl (C=S) groups is 1. The number of hydrogen-bond acceptors (Lipinski definition) is 4. The van der Waals surface area contributed by atoms with Crippen LogP contribution in [0.15, 0.2) is 23.7 Å². The van der Waals surface area contributed by atoms with Crippen molar-refractivity contribution >= 4 is 45.8 Å². The number of anilines is 1. The van der Waals surface area contributed by atoms with Gasteiger partial charge in [-0.2, -0.15) is 0 Å². The summed E-state index contributed by atoms with van der Waals surface area (Å²) in [5, 5.41) is 0.581. The van der Waals surface area contributed by atoms with Crippen LogP contribution >= 0.6 is 35.2 Å². The van der Waals surface area contributed by atoms with Crippen LogP contribution in [0, 0.1) is 6.92 Å². The molecule has 0 radical (unpaired) electrons. The van der Waals surface area contributed by atoms with E-state index in [1.54, 1.807) is 11.3 Å². The number of nitrogens with zero attached hydrogens (tertiary/aromatic N) is 2. The Morgan fingerprint density at radius 1 is 1.53 bits per heavy atom. The summed E-state index contributed by atoms with van der Waals surface area (Å²) >= 11 is 12.8. The lowest BCUT2D eigenvalue weighted by Crippen LogP contribution is -2.17. The lowest BCUT2D eigenvalue weighted by Gasteiger charge is -2.19. The molecule has 0 unspecified atom stereocenters. The number of halogens is 1. The summed E-state index contributed by atoms with van der Waals surface area (Å²) in [6.45, 7) is 2.82. The predicted octanol–water partition coefficient (Wildman–Crippen LogP) is 3.38. The number of aryl methyl sites for hydroxylation is 1. The van der Waals surface area contributed by atoms with Gasteiger partial charge >= 0.3 is 0 Å². The first kappa shape index (κ1) is 14.2.